The van der Waals surface area contributed by atoms with Gasteiger partial charge in [0.25, 0.3) is 0 Å². The Morgan fingerprint density at radius 2 is 1.73 bits per heavy atom. The fourth-order valence-corrected chi connectivity index (χ4v) is 2.15. The summed E-state index contributed by atoms with van der Waals surface area (Å²) < 4.78 is 14.7. The molecule has 0 saturated heterocycles. The molecule has 0 radical (unpaired) electrons. The van der Waals surface area contributed by atoms with Crippen molar-refractivity contribution in [1.29, 1.82) is 0 Å². The molecule has 0 bridgehead atoms. The monoisotopic (exact) mass is 312 g/mol. The first-order chi connectivity index (χ1) is 7.18. The Bertz CT molecular complexity index is 492. The maximum atomic E-state index is 13.6. The summed E-state index contributed by atoms with van der Waals surface area (Å²) in [6.45, 7) is 2.01. The molecule has 0 atom stereocenters. The summed E-state index contributed by atoms with van der Waals surface area (Å²) in [5.41, 5.74) is 2.79. The van der Waals surface area contributed by atoms with Crippen LogP contribution in [0.3, 0.4) is 0 Å². The minimum Gasteiger partial charge on any atom is -0.206 e. The lowest BCUT2D eigenvalue weighted by molar-refractivity contribution is 0.631. The summed E-state index contributed by atoms with van der Waals surface area (Å²) in [5.74, 6) is -0.166. The molecule has 0 N–H and O–H groups in total. The third kappa shape index (κ3) is 2.20. The van der Waals surface area contributed by atoms with Crippen molar-refractivity contribution in [2.24, 2.45) is 0 Å². The third-order valence-corrected chi connectivity index (χ3v) is 3.23. The van der Waals surface area contributed by atoms with E-state index in [-0.39, 0.29) is 5.82 Å². The average molecular weight is 312 g/mol. The zero-order valence-electron chi connectivity index (χ0n) is 8.30. The molecular formula is C13H10FI. The first-order valence-corrected chi connectivity index (χ1v) is 5.77. The van der Waals surface area contributed by atoms with Crippen LogP contribution in [0.1, 0.15) is 5.56 Å². The predicted octanol–water partition coefficient (Wildman–Crippen LogP) is 4.41. The van der Waals surface area contributed by atoms with Crippen molar-refractivity contribution in [3.63, 3.8) is 0 Å². The van der Waals surface area contributed by atoms with Crippen LogP contribution in [0.5, 0.6) is 0 Å². The van der Waals surface area contributed by atoms with Gasteiger partial charge in [0, 0.05) is 9.13 Å². The molecule has 0 aromatic heterocycles. The molecule has 2 aromatic rings. The Morgan fingerprint density at radius 3 is 2.47 bits per heavy atom. The molecule has 0 amide bonds. The van der Waals surface area contributed by atoms with Gasteiger partial charge in [-0.3, -0.25) is 0 Å². The van der Waals surface area contributed by atoms with E-state index in [2.05, 4.69) is 22.6 Å². The molecule has 0 aliphatic carbocycles. The maximum absolute atomic E-state index is 13.6. The SMILES string of the molecule is Cc1ccc(I)c(-c2ccccc2F)c1. The van der Waals surface area contributed by atoms with Crippen LogP contribution in [0.25, 0.3) is 11.1 Å². The van der Waals surface area contributed by atoms with Gasteiger partial charge in [-0.1, -0.05) is 35.9 Å². The van der Waals surface area contributed by atoms with Crippen molar-refractivity contribution in [3.8, 4) is 11.1 Å². The quantitative estimate of drug-likeness (QED) is 0.685. The zero-order chi connectivity index (χ0) is 10.8. The lowest BCUT2D eigenvalue weighted by Crippen LogP contribution is -1.88. The fourth-order valence-electron chi connectivity index (χ4n) is 1.53. The van der Waals surface area contributed by atoms with Crippen LogP contribution in [-0.4, -0.2) is 0 Å². The van der Waals surface area contributed by atoms with E-state index >= 15 is 0 Å². The molecule has 0 aliphatic rings. The summed E-state index contributed by atoms with van der Waals surface area (Å²) in [5, 5.41) is 0. The van der Waals surface area contributed by atoms with Crippen LogP contribution in [0.4, 0.5) is 4.39 Å². The Labute approximate surface area is 102 Å². The summed E-state index contributed by atoms with van der Waals surface area (Å²) in [7, 11) is 0. The van der Waals surface area contributed by atoms with E-state index in [1.54, 1.807) is 6.07 Å². The summed E-state index contributed by atoms with van der Waals surface area (Å²) in [6.07, 6.45) is 0. The Balaban J connectivity index is 2.64. The van der Waals surface area contributed by atoms with E-state index in [0.717, 1.165) is 14.7 Å². The normalized spacial score (nSPS) is 10.3. The van der Waals surface area contributed by atoms with Crippen molar-refractivity contribution in [2.45, 2.75) is 6.92 Å². The standard InChI is InChI=1S/C13H10FI/c1-9-6-7-13(15)11(8-9)10-4-2-3-5-12(10)14/h2-8H,1H3. The highest BCUT2D eigenvalue weighted by Gasteiger charge is 2.07. The van der Waals surface area contributed by atoms with Gasteiger partial charge in [0.05, 0.1) is 0 Å². The van der Waals surface area contributed by atoms with E-state index in [9.17, 15) is 4.39 Å². The van der Waals surface area contributed by atoms with Gasteiger partial charge in [-0.05, 0) is 47.2 Å². The van der Waals surface area contributed by atoms with Crippen LogP contribution in [0, 0.1) is 16.3 Å². The molecule has 76 valence electrons. The van der Waals surface area contributed by atoms with Crippen molar-refractivity contribution in [3.05, 3.63) is 57.4 Å². The molecule has 0 unspecified atom stereocenters. The van der Waals surface area contributed by atoms with Gasteiger partial charge < -0.3 is 0 Å². The van der Waals surface area contributed by atoms with Gasteiger partial charge in [0.15, 0.2) is 0 Å². The lowest BCUT2D eigenvalue weighted by atomic mass is 10.0. The molecule has 0 fully saturated rings. The smallest absolute Gasteiger partial charge is 0.131 e. The second-order valence-corrected chi connectivity index (χ2v) is 4.63. The van der Waals surface area contributed by atoms with Gasteiger partial charge in [0.2, 0.25) is 0 Å². The number of hydrogen-bond donors (Lipinski definition) is 0. The summed E-state index contributed by atoms with van der Waals surface area (Å²) in [6, 6.07) is 12.9. The van der Waals surface area contributed by atoms with E-state index in [4.69, 9.17) is 0 Å². The van der Waals surface area contributed by atoms with Gasteiger partial charge in [-0.15, -0.1) is 0 Å². The van der Waals surface area contributed by atoms with Crippen molar-refractivity contribution in [2.75, 3.05) is 0 Å². The second kappa shape index (κ2) is 4.31. The lowest BCUT2D eigenvalue weighted by Gasteiger charge is -2.06. The molecule has 0 saturated carbocycles. The number of halogens is 2. The average Bonchev–Trinajstić information content (AvgIpc) is 2.23. The van der Waals surface area contributed by atoms with E-state index in [0.29, 0.717) is 5.56 Å². The topological polar surface area (TPSA) is 0 Å². The highest BCUT2D eigenvalue weighted by atomic mass is 127. The predicted molar refractivity (Wildman–Crippen MR) is 69.3 cm³/mol. The van der Waals surface area contributed by atoms with Crippen LogP contribution in [-0.2, 0) is 0 Å². The first kappa shape index (κ1) is 10.6. The van der Waals surface area contributed by atoms with Crippen LogP contribution in [0.2, 0.25) is 0 Å². The van der Waals surface area contributed by atoms with Crippen molar-refractivity contribution in [1.82, 2.24) is 0 Å². The molecule has 0 nitrogen and oxygen atoms in total. The molecule has 2 rings (SSSR count). The van der Waals surface area contributed by atoms with Gasteiger partial charge in [0.1, 0.15) is 5.82 Å². The Hall–Kier alpha value is -0.900. The molecule has 15 heavy (non-hydrogen) atoms. The minimum atomic E-state index is -0.166. The molecule has 0 heterocycles. The number of hydrogen-bond acceptors (Lipinski definition) is 0. The molecule has 0 aliphatic heterocycles. The van der Waals surface area contributed by atoms with E-state index in [1.165, 1.54) is 6.07 Å². The first-order valence-electron chi connectivity index (χ1n) is 4.69. The number of rotatable bonds is 1. The molecule has 2 heteroatoms. The van der Waals surface area contributed by atoms with Crippen LogP contribution in [0.15, 0.2) is 42.5 Å². The number of aryl methyl sites for hydroxylation is 1. The largest absolute Gasteiger partial charge is 0.206 e. The van der Waals surface area contributed by atoms with Crippen molar-refractivity contribution < 1.29 is 4.39 Å². The summed E-state index contributed by atoms with van der Waals surface area (Å²) in [4.78, 5) is 0. The molecule has 2 aromatic carbocycles. The maximum Gasteiger partial charge on any atom is 0.131 e. The van der Waals surface area contributed by atoms with Gasteiger partial charge in [-0.2, -0.15) is 0 Å². The third-order valence-electron chi connectivity index (χ3n) is 2.29. The van der Waals surface area contributed by atoms with Gasteiger partial charge >= 0.3 is 0 Å². The van der Waals surface area contributed by atoms with Crippen molar-refractivity contribution >= 4 is 22.6 Å². The molecular weight excluding hydrogens is 302 g/mol. The Kier molecular flexibility index (Phi) is 3.05. The zero-order valence-corrected chi connectivity index (χ0v) is 10.5. The highest BCUT2D eigenvalue weighted by molar-refractivity contribution is 14.1. The Morgan fingerprint density at radius 1 is 1.00 bits per heavy atom. The van der Waals surface area contributed by atoms with E-state index in [1.807, 2.05) is 37.3 Å². The molecule has 0 spiro atoms. The fraction of sp³-hybridized carbons (Fsp3) is 0.0769. The van der Waals surface area contributed by atoms with Gasteiger partial charge in [-0.25, -0.2) is 4.39 Å². The van der Waals surface area contributed by atoms with Crippen LogP contribution >= 0.6 is 22.6 Å². The van der Waals surface area contributed by atoms with Crippen LogP contribution < -0.4 is 0 Å². The highest BCUT2D eigenvalue weighted by Crippen LogP contribution is 2.28. The second-order valence-electron chi connectivity index (χ2n) is 3.46. The summed E-state index contributed by atoms with van der Waals surface area (Å²) >= 11 is 2.23. The minimum absolute atomic E-state index is 0.166. The van der Waals surface area contributed by atoms with E-state index < -0.39 is 0 Å². The number of benzene rings is 2.